The van der Waals surface area contributed by atoms with Crippen LogP contribution in [-0.4, -0.2) is 5.91 Å². The molecule has 0 atom stereocenters. The van der Waals surface area contributed by atoms with Crippen molar-refractivity contribution in [3.05, 3.63) is 57.6 Å². The third-order valence-electron chi connectivity index (χ3n) is 3.25. The van der Waals surface area contributed by atoms with Crippen molar-refractivity contribution in [1.29, 1.82) is 0 Å². The van der Waals surface area contributed by atoms with Crippen molar-refractivity contribution >= 4 is 33.2 Å². The number of nitrogens with two attached hydrogens (primary N) is 1. The van der Waals surface area contributed by atoms with E-state index in [4.69, 9.17) is 5.84 Å². The molecule has 0 saturated carbocycles. The third-order valence-corrected chi connectivity index (χ3v) is 3.71. The number of amides is 1. The highest BCUT2D eigenvalue weighted by atomic mass is 79.9. The number of carbonyl (C=O) groups is 1. The molecule has 4 nitrogen and oxygen atoms in total. The molecule has 0 unspecified atom stereocenters. The molecule has 0 fully saturated rings. The summed E-state index contributed by atoms with van der Waals surface area (Å²) in [7, 11) is 0. The summed E-state index contributed by atoms with van der Waals surface area (Å²) >= 11 is 3.07. The Balaban J connectivity index is 2.50. The molecule has 0 aliphatic heterocycles. The van der Waals surface area contributed by atoms with Gasteiger partial charge in [-0.05, 0) is 36.8 Å². The summed E-state index contributed by atoms with van der Waals surface area (Å²) < 4.78 is 39.5. The Morgan fingerprint density at radius 2 is 1.83 bits per heavy atom. The van der Waals surface area contributed by atoms with Crippen molar-refractivity contribution in [2.75, 3.05) is 5.32 Å². The van der Waals surface area contributed by atoms with Gasteiger partial charge in [0.1, 0.15) is 0 Å². The maximum atomic E-state index is 13.1. The van der Waals surface area contributed by atoms with Crippen molar-refractivity contribution in [1.82, 2.24) is 5.43 Å². The molecule has 122 valence electrons. The first kappa shape index (κ1) is 17.3. The Hall–Kier alpha value is -2.06. The fourth-order valence-electron chi connectivity index (χ4n) is 2.12. The van der Waals surface area contributed by atoms with Gasteiger partial charge in [-0.25, -0.2) is 5.84 Å². The summed E-state index contributed by atoms with van der Waals surface area (Å²) in [5.74, 6) is 4.57. The van der Waals surface area contributed by atoms with E-state index >= 15 is 0 Å². The molecule has 23 heavy (non-hydrogen) atoms. The Morgan fingerprint density at radius 3 is 2.43 bits per heavy atom. The second-order valence-electron chi connectivity index (χ2n) is 4.77. The molecule has 8 heteroatoms. The van der Waals surface area contributed by atoms with E-state index in [-0.39, 0.29) is 21.3 Å². The first-order chi connectivity index (χ1) is 10.7. The minimum absolute atomic E-state index is 0.0312. The first-order valence-corrected chi connectivity index (χ1v) is 7.27. The number of hydrogen-bond acceptors (Lipinski definition) is 3. The number of nitrogens with one attached hydrogen (secondary N) is 2. The van der Waals surface area contributed by atoms with E-state index in [9.17, 15) is 18.0 Å². The average Bonchev–Trinajstić information content (AvgIpc) is 2.49. The number of alkyl halides is 3. The number of nitrogen functional groups attached to an aromatic ring is 1. The van der Waals surface area contributed by atoms with Crippen LogP contribution < -0.4 is 16.6 Å². The van der Waals surface area contributed by atoms with Gasteiger partial charge in [-0.2, -0.15) is 13.2 Å². The fourth-order valence-corrected chi connectivity index (χ4v) is 2.57. The number of carbonyl (C=O) groups excluding carboxylic acids is 1. The summed E-state index contributed by atoms with van der Waals surface area (Å²) in [5, 5.41) is 2.86. The number of hydrazine groups is 1. The highest BCUT2D eigenvalue weighted by Gasteiger charge is 2.33. The van der Waals surface area contributed by atoms with Crippen molar-refractivity contribution in [3.8, 4) is 0 Å². The van der Waals surface area contributed by atoms with Crippen LogP contribution in [0.15, 0.2) is 40.9 Å². The number of anilines is 2. The predicted octanol–water partition coefficient (Wildman–Crippen LogP) is 4.12. The van der Waals surface area contributed by atoms with E-state index in [1.807, 2.05) is 5.43 Å². The quantitative estimate of drug-likeness (QED) is 0.421. The molecule has 2 aromatic rings. The lowest BCUT2D eigenvalue weighted by atomic mass is 10.1. The summed E-state index contributed by atoms with van der Waals surface area (Å²) in [6.07, 6.45) is -4.47. The molecule has 4 N–H and O–H groups in total. The molecule has 0 bridgehead atoms. The molecular weight excluding hydrogens is 375 g/mol. The van der Waals surface area contributed by atoms with Crippen molar-refractivity contribution in [2.45, 2.75) is 13.1 Å². The molecule has 1 amide bonds. The third kappa shape index (κ3) is 3.83. The maximum Gasteiger partial charge on any atom is 0.416 e. The van der Waals surface area contributed by atoms with Gasteiger partial charge in [0, 0.05) is 10.2 Å². The lowest BCUT2D eigenvalue weighted by Gasteiger charge is -2.17. The number of hydrogen-bond donors (Lipinski definition) is 3. The molecular formula is C15H13BrF3N3O. The summed E-state index contributed by atoms with van der Waals surface area (Å²) in [5.41, 5.74) is 2.09. The van der Waals surface area contributed by atoms with Crippen LogP contribution in [0.5, 0.6) is 0 Å². The minimum Gasteiger partial charge on any atom is -0.355 e. The normalized spacial score (nSPS) is 11.2. The largest absolute Gasteiger partial charge is 0.416 e. The van der Waals surface area contributed by atoms with Crippen LogP contribution in [-0.2, 0) is 6.18 Å². The molecule has 0 radical (unpaired) electrons. The zero-order valence-corrected chi connectivity index (χ0v) is 13.5. The second kappa shape index (κ2) is 6.59. The Kier molecular flexibility index (Phi) is 4.96. The fraction of sp³-hybridized carbons (Fsp3) is 0.133. The van der Waals surface area contributed by atoms with Gasteiger partial charge in [-0.15, -0.1) is 0 Å². The summed E-state index contributed by atoms with van der Waals surface area (Å²) in [4.78, 5) is 11.7. The van der Waals surface area contributed by atoms with Gasteiger partial charge in [0.2, 0.25) is 0 Å². The molecule has 0 aliphatic carbocycles. The zero-order valence-electron chi connectivity index (χ0n) is 12.0. The van der Waals surface area contributed by atoms with Gasteiger partial charge in [-0.1, -0.05) is 28.1 Å². The van der Waals surface area contributed by atoms with E-state index in [0.717, 1.165) is 6.07 Å². The highest BCUT2D eigenvalue weighted by molar-refractivity contribution is 9.10. The molecule has 0 aliphatic rings. The van der Waals surface area contributed by atoms with Gasteiger partial charge < -0.3 is 5.32 Å². The predicted molar refractivity (Wildman–Crippen MR) is 85.3 cm³/mol. The lowest BCUT2D eigenvalue weighted by Crippen LogP contribution is -2.30. The minimum atomic E-state index is -4.47. The van der Waals surface area contributed by atoms with Gasteiger partial charge in [0.15, 0.2) is 0 Å². The van der Waals surface area contributed by atoms with Crippen LogP contribution >= 0.6 is 15.9 Å². The van der Waals surface area contributed by atoms with E-state index < -0.39 is 17.6 Å². The topological polar surface area (TPSA) is 67.2 Å². The molecule has 0 saturated heterocycles. The number of rotatable bonds is 3. The van der Waals surface area contributed by atoms with Gasteiger partial charge in [0.25, 0.3) is 5.91 Å². The van der Waals surface area contributed by atoms with Crippen molar-refractivity contribution < 1.29 is 18.0 Å². The second-order valence-corrected chi connectivity index (χ2v) is 5.68. The van der Waals surface area contributed by atoms with Crippen LogP contribution in [0.2, 0.25) is 0 Å². The lowest BCUT2D eigenvalue weighted by molar-refractivity contribution is -0.138. The van der Waals surface area contributed by atoms with Gasteiger partial charge >= 0.3 is 6.18 Å². The first-order valence-electron chi connectivity index (χ1n) is 6.48. The molecule has 0 heterocycles. The Labute approximate surface area is 139 Å². The maximum absolute atomic E-state index is 13.1. The van der Waals surface area contributed by atoms with E-state index in [2.05, 4.69) is 21.2 Å². The van der Waals surface area contributed by atoms with Crippen LogP contribution in [0.4, 0.5) is 24.5 Å². The zero-order chi connectivity index (χ0) is 17.2. The molecule has 0 spiro atoms. The smallest absolute Gasteiger partial charge is 0.355 e. The number of benzene rings is 2. The average molecular weight is 388 g/mol. The van der Waals surface area contributed by atoms with E-state index in [0.29, 0.717) is 5.69 Å². The van der Waals surface area contributed by atoms with E-state index in [1.165, 1.54) is 19.1 Å². The molecule has 2 rings (SSSR count). The van der Waals surface area contributed by atoms with Crippen LogP contribution in [0, 0.1) is 6.92 Å². The standard InChI is InChI=1S/C15H13BrF3N3O/c1-8-11(15(17,18)19)6-9(16)7-13(8)21-12-5-3-2-4-10(12)14(23)22-20/h2-7,21H,20H2,1H3,(H,22,23). The van der Waals surface area contributed by atoms with Gasteiger partial charge in [-0.3, -0.25) is 10.2 Å². The molecule has 0 aromatic heterocycles. The summed E-state index contributed by atoms with van der Waals surface area (Å²) in [6, 6.07) is 8.92. The number of para-hydroxylation sites is 1. The Morgan fingerprint density at radius 1 is 1.17 bits per heavy atom. The highest BCUT2D eigenvalue weighted by Crippen LogP contribution is 2.38. The summed E-state index contributed by atoms with van der Waals surface area (Å²) in [6.45, 7) is 1.36. The van der Waals surface area contributed by atoms with E-state index in [1.54, 1.807) is 18.2 Å². The molecule has 2 aromatic carbocycles. The SMILES string of the molecule is Cc1c(Nc2ccccc2C(=O)NN)cc(Br)cc1C(F)(F)F. The van der Waals surface area contributed by atoms with Crippen LogP contribution in [0.3, 0.4) is 0 Å². The van der Waals surface area contributed by atoms with Crippen molar-refractivity contribution in [3.63, 3.8) is 0 Å². The van der Waals surface area contributed by atoms with Crippen molar-refractivity contribution in [2.24, 2.45) is 5.84 Å². The van der Waals surface area contributed by atoms with Crippen LogP contribution in [0.25, 0.3) is 0 Å². The Bertz CT molecular complexity index is 747. The monoisotopic (exact) mass is 387 g/mol. The van der Waals surface area contributed by atoms with Crippen LogP contribution in [0.1, 0.15) is 21.5 Å². The number of halogens is 4. The van der Waals surface area contributed by atoms with Gasteiger partial charge in [0.05, 0.1) is 16.8 Å².